The summed E-state index contributed by atoms with van der Waals surface area (Å²) in [7, 11) is 1.53. The second-order valence-electron chi connectivity index (χ2n) is 6.44. The molecule has 5 nitrogen and oxygen atoms in total. The largest absolute Gasteiger partial charge is 0.495 e. The maximum absolute atomic E-state index is 13.0. The van der Waals surface area contributed by atoms with Gasteiger partial charge in [-0.3, -0.25) is 4.79 Å². The van der Waals surface area contributed by atoms with Crippen molar-refractivity contribution >= 4 is 54.6 Å². The number of carbonyl (C=O) groups is 1. The van der Waals surface area contributed by atoms with Crippen molar-refractivity contribution < 1.29 is 13.9 Å². The summed E-state index contributed by atoms with van der Waals surface area (Å²) in [6, 6.07) is 16.8. The van der Waals surface area contributed by atoms with E-state index >= 15 is 0 Å². The molecule has 1 amide bonds. The number of hydrogen-bond donors (Lipinski definition) is 1. The molecule has 146 valence electrons. The maximum Gasteiger partial charge on any atom is 0.259 e. The predicted octanol–water partition coefficient (Wildman–Crippen LogP) is 6.59. The Labute approximate surface area is 184 Å². The molecule has 0 aliphatic heterocycles. The van der Waals surface area contributed by atoms with Gasteiger partial charge in [0.2, 0.25) is 5.89 Å². The van der Waals surface area contributed by atoms with E-state index in [1.54, 1.807) is 6.07 Å². The van der Waals surface area contributed by atoms with Crippen molar-refractivity contribution in [3.05, 3.63) is 74.7 Å². The first-order valence-corrected chi connectivity index (χ1v) is 10.4. The highest BCUT2D eigenvalue weighted by Gasteiger charge is 2.18. The van der Waals surface area contributed by atoms with Gasteiger partial charge in [0.15, 0.2) is 5.58 Å². The molecule has 4 rings (SSSR count). The topological polar surface area (TPSA) is 64.4 Å². The van der Waals surface area contributed by atoms with Gasteiger partial charge in [0.1, 0.15) is 11.3 Å². The molecule has 0 aliphatic carbocycles. The number of aromatic nitrogens is 1. The first-order valence-electron chi connectivity index (χ1n) is 8.77. The zero-order valence-electron chi connectivity index (χ0n) is 15.6. The number of rotatable bonds is 4. The van der Waals surface area contributed by atoms with E-state index in [1.165, 1.54) is 7.11 Å². The Balaban J connectivity index is 1.69. The zero-order chi connectivity index (χ0) is 20.5. The van der Waals surface area contributed by atoms with Crippen LogP contribution in [0.5, 0.6) is 5.75 Å². The Hall–Kier alpha value is -2.64. The summed E-state index contributed by atoms with van der Waals surface area (Å²) < 4.78 is 12.7. The zero-order valence-corrected chi connectivity index (χ0v) is 18.8. The van der Waals surface area contributed by atoms with Crippen molar-refractivity contribution in [2.45, 2.75) is 6.92 Å². The number of halogens is 2. The highest BCUT2D eigenvalue weighted by atomic mass is 79.9. The number of fused-ring (bicyclic) bond motifs is 1. The van der Waals surface area contributed by atoms with Gasteiger partial charge in [-0.25, -0.2) is 4.98 Å². The highest BCUT2D eigenvalue weighted by Crippen LogP contribution is 2.34. The van der Waals surface area contributed by atoms with Crippen LogP contribution >= 0.6 is 31.9 Å². The van der Waals surface area contributed by atoms with Crippen molar-refractivity contribution in [2.24, 2.45) is 0 Å². The van der Waals surface area contributed by atoms with Gasteiger partial charge in [-0.15, -0.1) is 0 Å². The molecule has 0 bridgehead atoms. The number of hydrogen-bond acceptors (Lipinski definition) is 4. The third kappa shape index (κ3) is 3.93. The number of para-hydroxylation sites is 2. The summed E-state index contributed by atoms with van der Waals surface area (Å²) in [5.74, 6) is 0.699. The van der Waals surface area contributed by atoms with Crippen LogP contribution in [0.4, 0.5) is 5.69 Å². The summed E-state index contributed by atoms with van der Waals surface area (Å²) in [5.41, 5.74) is 4.30. The molecule has 29 heavy (non-hydrogen) atoms. The molecular weight excluding hydrogens is 500 g/mol. The molecule has 3 aromatic carbocycles. The number of aryl methyl sites for hydroxylation is 1. The van der Waals surface area contributed by atoms with Crippen LogP contribution in [0.2, 0.25) is 0 Å². The first-order chi connectivity index (χ1) is 14.0. The van der Waals surface area contributed by atoms with Gasteiger partial charge in [0, 0.05) is 15.7 Å². The van der Waals surface area contributed by atoms with Crippen LogP contribution in [0.25, 0.3) is 22.6 Å². The van der Waals surface area contributed by atoms with E-state index in [1.807, 2.05) is 55.5 Å². The number of nitrogens with zero attached hydrogens (tertiary/aromatic N) is 1. The number of ether oxygens (including phenoxy) is 1. The van der Waals surface area contributed by atoms with Gasteiger partial charge in [0.05, 0.1) is 17.1 Å². The van der Waals surface area contributed by atoms with Crippen LogP contribution in [-0.2, 0) is 0 Å². The number of carbonyl (C=O) groups excluding carboxylic acids is 1. The molecule has 0 spiro atoms. The summed E-state index contributed by atoms with van der Waals surface area (Å²) in [6.07, 6.45) is 0. The van der Waals surface area contributed by atoms with Crippen LogP contribution in [0.1, 0.15) is 15.9 Å². The smallest absolute Gasteiger partial charge is 0.259 e. The Kier molecular flexibility index (Phi) is 5.43. The number of anilines is 1. The lowest BCUT2D eigenvalue weighted by molar-refractivity contribution is 0.102. The fraction of sp³-hybridized carbons (Fsp3) is 0.0909. The fourth-order valence-corrected chi connectivity index (χ4v) is 4.40. The summed E-state index contributed by atoms with van der Waals surface area (Å²) in [6.45, 7) is 1.93. The van der Waals surface area contributed by atoms with Crippen LogP contribution < -0.4 is 10.1 Å². The Bertz CT molecular complexity index is 1200. The van der Waals surface area contributed by atoms with E-state index in [0.717, 1.165) is 26.7 Å². The molecule has 1 aromatic heterocycles. The second-order valence-corrected chi connectivity index (χ2v) is 8.21. The van der Waals surface area contributed by atoms with Crippen molar-refractivity contribution in [3.8, 4) is 17.2 Å². The van der Waals surface area contributed by atoms with E-state index in [2.05, 4.69) is 42.2 Å². The molecule has 4 aromatic rings. The van der Waals surface area contributed by atoms with E-state index in [-0.39, 0.29) is 5.91 Å². The minimum Gasteiger partial charge on any atom is -0.495 e. The lowest BCUT2D eigenvalue weighted by atomic mass is 10.1. The molecule has 7 heteroatoms. The number of amides is 1. The Morgan fingerprint density at radius 2 is 1.90 bits per heavy atom. The molecule has 0 unspecified atom stereocenters. The normalized spacial score (nSPS) is 10.9. The minimum atomic E-state index is -0.276. The van der Waals surface area contributed by atoms with Crippen LogP contribution in [0, 0.1) is 6.92 Å². The van der Waals surface area contributed by atoms with Crippen molar-refractivity contribution in [1.29, 1.82) is 0 Å². The van der Waals surface area contributed by atoms with E-state index in [0.29, 0.717) is 27.4 Å². The number of methoxy groups -OCH3 is 1. The predicted molar refractivity (Wildman–Crippen MR) is 121 cm³/mol. The van der Waals surface area contributed by atoms with Crippen LogP contribution in [-0.4, -0.2) is 18.0 Å². The number of nitrogens with one attached hydrogen (secondary N) is 1. The van der Waals surface area contributed by atoms with Gasteiger partial charge in [-0.1, -0.05) is 34.1 Å². The summed E-state index contributed by atoms with van der Waals surface area (Å²) in [4.78, 5) is 17.5. The quantitative estimate of drug-likeness (QED) is 0.333. The van der Waals surface area contributed by atoms with Crippen molar-refractivity contribution in [2.75, 3.05) is 12.4 Å². The van der Waals surface area contributed by atoms with Crippen molar-refractivity contribution in [3.63, 3.8) is 0 Å². The van der Waals surface area contributed by atoms with Crippen molar-refractivity contribution in [1.82, 2.24) is 4.98 Å². The number of oxazole rings is 1. The Morgan fingerprint density at radius 1 is 1.10 bits per heavy atom. The van der Waals surface area contributed by atoms with Gasteiger partial charge < -0.3 is 14.5 Å². The molecule has 0 aliphatic rings. The van der Waals surface area contributed by atoms with Gasteiger partial charge >= 0.3 is 0 Å². The molecule has 0 fully saturated rings. The van der Waals surface area contributed by atoms with Gasteiger partial charge in [-0.2, -0.15) is 0 Å². The first kappa shape index (κ1) is 19.7. The second kappa shape index (κ2) is 8.00. The maximum atomic E-state index is 13.0. The lowest BCUT2D eigenvalue weighted by Gasteiger charge is -2.13. The van der Waals surface area contributed by atoms with Gasteiger partial charge in [-0.05, 0) is 64.8 Å². The SMILES string of the molecule is COc1c(Br)cc(Br)cc1C(=O)Nc1cc(-c2nc3ccccc3o2)ccc1C. The minimum absolute atomic E-state index is 0.276. The number of benzene rings is 3. The van der Waals surface area contributed by atoms with E-state index in [9.17, 15) is 4.79 Å². The Morgan fingerprint density at radius 3 is 2.66 bits per heavy atom. The standard InChI is InChI=1S/C22H16Br2N2O3/c1-12-7-8-13(22-26-17-5-3-4-6-19(17)29-22)9-18(12)25-21(27)15-10-14(23)11-16(24)20(15)28-2/h3-11H,1-2H3,(H,25,27). The molecule has 0 saturated carbocycles. The molecular formula is C22H16Br2N2O3. The molecule has 0 saturated heterocycles. The average molecular weight is 516 g/mol. The van der Waals surface area contributed by atoms with E-state index in [4.69, 9.17) is 9.15 Å². The summed E-state index contributed by atoms with van der Waals surface area (Å²) >= 11 is 6.85. The molecule has 1 N–H and O–H groups in total. The van der Waals surface area contributed by atoms with Crippen LogP contribution in [0.3, 0.4) is 0 Å². The molecule has 1 heterocycles. The fourth-order valence-electron chi connectivity index (χ4n) is 3.01. The lowest BCUT2D eigenvalue weighted by Crippen LogP contribution is -2.14. The third-order valence-electron chi connectivity index (χ3n) is 4.48. The van der Waals surface area contributed by atoms with E-state index < -0.39 is 0 Å². The third-order valence-corrected chi connectivity index (χ3v) is 5.53. The van der Waals surface area contributed by atoms with Gasteiger partial charge in [0.25, 0.3) is 5.91 Å². The molecule has 0 radical (unpaired) electrons. The van der Waals surface area contributed by atoms with Crippen LogP contribution in [0.15, 0.2) is 68.0 Å². The summed E-state index contributed by atoms with van der Waals surface area (Å²) in [5, 5.41) is 2.97. The highest BCUT2D eigenvalue weighted by molar-refractivity contribution is 9.11. The average Bonchev–Trinajstić information content (AvgIpc) is 3.13. The monoisotopic (exact) mass is 514 g/mol. The molecule has 0 atom stereocenters.